The molecule has 36 nitrogen and oxygen atoms in total. The number of primary amides is 2. The second kappa shape index (κ2) is 45.2. The van der Waals surface area contributed by atoms with E-state index in [1.54, 1.807) is 55.4 Å². The molecule has 13 atom stereocenters. The molecule has 36 heteroatoms. The Labute approximate surface area is 633 Å². The Morgan fingerprint density at radius 2 is 0.734 bits per heavy atom. The number of aromatic hydroxyl groups is 3. The highest BCUT2D eigenvalue weighted by atomic mass is 16.3. The molecule has 4 aromatic rings. The number of phenols is 3. The van der Waals surface area contributed by atoms with E-state index in [-0.39, 0.29) is 131 Å². The summed E-state index contributed by atoms with van der Waals surface area (Å²) in [7, 11) is 0. The summed E-state index contributed by atoms with van der Waals surface area (Å²) in [4.78, 5) is 185. The molecular formula is C73H111N21O15. The number of carbonyl (C=O) groups is 12. The molecule has 0 saturated carbocycles. The average Bonchev–Trinajstić information content (AvgIpc) is 1.09. The molecule has 598 valence electrons. The number of aliphatic imine (C=N–C) groups is 2. The number of H-pyrrole nitrogens is 1. The summed E-state index contributed by atoms with van der Waals surface area (Å²) in [5, 5.41) is 56.7. The summed E-state index contributed by atoms with van der Waals surface area (Å²) in [6.45, 7) is 13.7. The van der Waals surface area contributed by atoms with Crippen molar-refractivity contribution >= 4 is 82.8 Å². The van der Waals surface area contributed by atoms with Gasteiger partial charge in [-0.2, -0.15) is 0 Å². The maximum atomic E-state index is 15.0. The fourth-order valence-electron chi connectivity index (χ4n) is 11.4. The van der Waals surface area contributed by atoms with Crippen molar-refractivity contribution in [1.82, 2.24) is 63.1 Å². The topological polar surface area (TPSA) is 621 Å². The molecule has 0 unspecified atom stereocenters. The summed E-state index contributed by atoms with van der Waals surface area (Å²) in [6.07, 6.45) is 2.03. The lowest BCUT2D eigenvalue weighted by Crippen LogP contribution is -2.62. The molecule has 1 heterocycles. The van der Waals surface area contributed by atoms with Crippen LogP contribution in [0.2, 0.25) is 0 Å². The number of guanidine groups is 2. The second-order valence-corrected chi connectivity index (χ2v) is 28.0. The van der Waals surface area contributed by atoms with Gasteiger partial charge in [0, 0.05) is 50.7 Å². The van der Waals surface area contributed by atoms with Gasteiger partial charge in [0.1, 0.15) is 77.7 Å². The van der Waals surface area contributed by atoms with Crippen molar-refractivity contribution in [1.29, 1.82) is 0 Å². The van der Waals surface area contributed by atoms with Gasteiger partial charge in [-0.15, -0.1) is 0 Å². The van der Waals surface area contributed by atoms with Gasteiger partial charge in [-0.3, -0.25) is 67.5 Å². The Balaban J connectivity index is 1.65. The molecule has 3 aromatic carbocycles. The largest absolute Gasteiger partial charge is 0.508 e. The number of carbonyl (C=O) groups excluding carboxylic acids is 12. The van der Waals surface area contributed by atoms with Gasteiger partial charge >= 0.3 is 0 Å². The minimum Gasteiger partial charge on any atom is -0.508 e. The van der Waals surface area contributed by atoms with Gasteiger partial charge in [0.05, 0.1) is 18.8 Å². The minimum atomic E-state index is -1.76. The first-order valence-corrected chi connectivity index (χ1v) is 36.3. The van der Waals surface area contributed by atoms with E-state index in [0.717, 1.165) is 0 Å². The third kappa shape index (κ3) is 32.2. The highest BCUT2D eigenvalue weighted by molar-refractivity contribution is 6.00. The Hall–Kier alpha value is -11.6. The molecule has 0 aliphatic rings. The van der Waals surface area contributed by atoms with Gasteiger partial charge in [0.2, 0.25) is 70.9 Å². The average molecular weight is 1520 g/mol. The Morgan fingerprint density at radius 1 is 0.413 bits per heavy atom. The summed E-state index contributed by atoms with van der Waals surface area (Å²) < 4.78 is 0. The summed E-state index contributed by atoms with van der Waals surface area (Å²) in [5.74, 6) is -13.5. The van der Waals surface area contributed by atoms with Crippen LogP contribution in [-0.4, -0.2) is 188 Å². The minimum absolute atomic E-state index is 0.0184. The van der Waals surface area contributed by atoms with Gasteiger partial charge in [0.15, 0.2) is 11.9 Å². The molecule has 12 amide bonds. The van der Waals surface area contributed by atoms with Crippen molar-refractivity contribution in [2.24, 2.45) is 73.8 Å². The van der Waals surface area contributed by atoms with Crippen molar-refractivity contribution < 1.29 is 72.9 Å². The maximum Gasteiger partial charge on any atom is 0.243 e. The standard InChI is InChI=1S/C73H111N21O15/c1-9-40(7)59(93-68(106)54(30-39(5)6)90-67(105)57(35-58(75)98)92-71(109)60(41(8)10-2)94-69(107)56(33-44-19-25-48(97)26-20-44)88-62(100)49(74)34-45-36-81-37-84-45)70(108)91-55(32-43-17-23-47(96)24-18-43)66(104)86-51(14-12-28-83-73(79)80)64(102)89-53(29-38(3)4)65(103)85-50(13-11-27-82-72(77)78)63(101)87-52(61(76)99)31-42-15-21-46(95)22-16-42/h15-26,36-41,49-57,59-60,95-97H,9-14,27-35,74H2,1-8H3,(H2,75,98)(H2,76,99)(H,81,84)(H,85,103)(H,86,104)(H,87,101)(H,88,100)(H,89,102)(H,90,105)(H,91,108)(H,92,109)(H,93,106)(H,94,107)(H4,77,78,82)(H4,79,80,83)/t40-,41-,49-,50-,51-,52-,53-,54-,55-,56-,57-,59-,60-/m0/s1. The number of hydrogen-bond donors (Lipinski definition) is 21. The summed E-state index contributed by atoms with van der Waals surface area (Å²) in [6, 6.07) is 1.65. The zero-order chi connectivity index (χ0) is 81.2. The highest BCUT2D eigenvalue weighted by Gasteiger charge is 2.39. The van der Waals surface area contributed by atoms with E-state index in [1.165, 1.54) is 85.3 Å². The number of nitrogens with two attached hydrogens (primary N) is 7. The fourth-order valence-corrected chi connectivity index (χ4v) is 11.4. The van der Waals surface area contributed by atoms with E-state index < -0.39 is 156 Å². The number of aromatic nitrogens is 2. The summed E-state index contributed by atoms with van der Waals surface area (Å²) >= 11 is 0. The smallest absolute Gasteiger partial charge is 0.243 e. The van der Waals surface area contributed by atoms with Crippen LogP contribution >= 0.6 is 0 Å². The first-order chi connectivity index (χ1) is 51.5. The fraction of sp³-hybridized carbons (Fsp3) is 0.521. The SMILES string of the molecule is CC[C@H](C)[C@H](NC(=O)[C@H](CC(C)C)NC(=O)[C@H](CC(N)=O)NC(=O)[C@@H](NC(=O)[C@H](Cc1ccc(O)cc1)NC(=O)[C@@H](N)Cc1cnc[nH]1)[C@@H](C)CC)C(=O)N[C@@H](Cc1ccc(O)cc1)C(=O)N[C@@H](CCCN=C(N)N)C(=O)N[C@@H](CC(C)C)C(=O)N[C@@H](CCCN=C(N)N)C(=O)N[C@@H](Cc1ccc(O)cc1)C(N)=O. The van der Waals surface area contributed by atoms with Crippen LogP contribution in [0.15, 0.2) is 95.3 Å². The molecule has 0 fully saturated rings. The van der Waals surface area contributed by atoms with Gasteiger partial charge < -0.3 is 114 Å². The van der Waals surface area contributed by atoms with E-state index in [1.807, 2.05) is 0 Å². The number of benzene rings is 3. The van der Waals surface area contributed by atoms with Gasteiger partial charge in [-0.05, 0) is 115 Å². The number of imidazole rings is 1. The number of aromatic amines is 1. The van der Waals surface area contributed by atoms with Crippen LogP contribution in [0.5, 0.6) is 17.2 Å². The zero-order valence-corrected chi connectivity index (χ0v) is 63.0. The Kier molecular flexibility index (Phi) is 37.2. The number of hydrogen-bond acceptors (Lipinski definition) is 19. The number of rotatable bonds is 47. The number of nitrogens with one attached hydrogen (secondary N) is 11. The Morgan fingerprint density at radius 3 is 1.09 bits per heavy atom. The molecule has 0 spiro atoms. The lowest BCUT2D eigenvalue weighted by atomic mass is 9.95. The molecular weight excluding hydrogens is 1410 g/mol. The third-order valence-corrected chi connectivity index (χ3v) is 17.8. The molecule has 0 aliphatic heterocycles. The predicted molar refractivity (Wildman–Crippen MR) is 406 cm³/mol. The van der Waals surface area contributed by atoms with Crippen LogP contribution in [0, 0.1) is 23.7 Å². The molecule has 0 saturated heterocycles. The normalized spacial score (nSPS) is 14.7. The first-order valence-electron chi connectivity index (χ1n) is 36.3. The number of nitrogens with zero attached hydrogens (tertiary/aromatic N) is 3. The van der Waals surface area contributed by atoms with Crippen molar-refractivity contribution in [3.05, 3.63) is 108 Å². The van der Waals surface area contributed by atoms with Crippen LogP contribution in [0.25, 0.3) is 0 Å². The van der Waals surface area contributed by atoms with Crippen molar-refractivity contribution in [2.75, 3.05) is 13.1 Å². The predicted octanol–water partition coefficient (Wildman–Crippen LogP) is -2.38. The van der Waals surface area contributed by atoms with E-state index in [9.17, 15) is 68.1 Å². The van der Waals surface area contributed by atoms with Crippen LogP contribution in [0.4, 0.5) is 0 Å². The van der Waals surface area contributed by atoms with E-state index in [4.69, 9.17) is 40.1 Å². The molecule has 0 radical (unpaired) electrons. The van der Waals surface area contributed by atoms with Gasteiger partial charge in [0.25, 0.3) is 0 Å². The maximum absolute atomic E-state index is 15.0. The number of phenolic OH excluding ortho intramolecular Hbond substituents is 3. The molecule has 109 heavy (non-hydrogen) atoms. The molecule has 0 bridgehead atoms. The lowest BCUT2D eigenvalue weighted by molar-refractivity contribution is -0.137. The van der Waals surface area contributed by atoms with E-state index in [0.29, 0.717) is 22.4 Å². The van der Waals surface area contributed by atoms with Crippen LogP contribution < -0.4 is 93.3 Å². The van der Waals surface area contributed by atoms with E-state index in [2.05, 4.69) is 73.1 Å². The molecule has 1 aromatic heterocycles. The van der Waals surface area contributed by atoms with Crippen LogP contribution in [0.1, 0.15) is 136 Å². The quantitative estimate of drug-likeness (QED) is 0.0125. The van der Waals surface area contributed by atoms with Crippen LogP contribution in [0.3, 0.4) is 0 Å². The lowest BCUT2D eigenvalue weighted by Gasteiger charge is -2.31. The zero-order valence-electron chi connectivity index (χ0n) is 63.0. The first kappa shape index (κ1) is 89.8. The second-order valence-electron chi connectivity index (χ2n) is 28.0. The van der Waals surface area contributed by atoms with E-state index >= 15 is 4.79 Å². The highest BCUT2D eigenvalue weighted by Crippen LogP contribution is 2.19. The van der Waals surface area contributed by atoms with Crippen LogP contribution in [-0.2, 0) is 83.2 Å². The van der Waals surface area contributed by atoms with Crippen molar-refractivity contribution in [2.45, 2.75) is 205 Å². The molecule has 4 rings (SSSR count). The van der Waals surface area contributed by atoms with Crippen molar-refractivity contribution in [3.63, 3.8) is 0 Å². The molecule has 28 N–H and O–H groups in total. The van der Waals surface area contributed by atoms with Gasteiger partial charge in [-0.25, -0.2) is 4.98 Å². The Bertz CT molecular complexity index is 3720. The summed E-state index contributed by atoms with van der Waals surface area (Å²) in [5.41, 5.74) is 42.0. The van der Waals surface area contributed by atoms with Crippen molar-refractivity contribution in [3.8, 4) is 17.2 Å². The monoisotopic (exact) mass is 1520 g/mol. The molecule has 0 aliphatic carbocycles. The van der Waals surface area contributed by atoms with Gasteiger partial charge in [-0.1, -0.05) is 105 Å². The third-order valence-electron chi connectivity index (χ3n) is 17.8. The number of amides is 12.